The van der Waals surface area contributed by atoms with Gasteiger partial charge in [-0.25, -0.2) is 13.8 Å². The highest BCUT2D eigenvalue weighted by atomic mass is 19.1. The van der Waals surface area contributed by atoms with Crippen LogP contribution in [-0.4, -0.2) is 77.5 Å². The first kappa shape index (κ1) is 24.9. The summed E-state index contributed by atoms with van der Waals surface area (Å²) in [6.07, 6.45) is 2.67. The minimum atomic E-state index is -2.26. The molecule has 4 heterocycles. The van der Waals surface area contributed by atoms with Crippen molar-refractivity contribution in [2.45, 2.75) is 31.3 Å². The van der Waals surface area contributed by atoms with Crippen LogP contribution in [0.4, 0.5) is 14.5 Å². The molecule has 0 spiro atoms. The lowest BCUT2D eigenvalue weighted by atomic mass is 10.0. The van der Waals surface area contributed by atoms with Gasteiger partial charge >= 0.3 is 0 Å². The summed E-state index contributed by atoms with van der Waals surface area (Å²) in [4.78, 5) is 26.7. The predicted molar refractivity (Wildman–Crippen MR) is 162 cm³/mol. The number of piperazine rings is 1. The van der Waals surface area contributed by atoms with Gasteiger partial charge in [-0.1, -0.05) is 36.9 Å². The van der Waals surface area contributed by atoms with Gasteiger partial charge in [-0.15, -0.1) is 0 Å². The number of amides is 1. The molecule has 10 heteroatoms. The highest BCUT2D eigenvalue weighted by Gasteiger charge is 2.31. The van der Waals surface area contributed by atoms with Gasteiger partial charge in [0, 0.05) is 52.2 Å². The van der Waals surface area contributed by atoms with Crippen LogP contribution in [0, 0.1) is 23.0 Å². The molecule has 2 aromatic heterocycles. The number of hydrogen-bond donors (Lipinski definition) is 0. The van der Waals surface area contributed by atoms with Gasteiger partial charge in [0.25, 0.3) is 0 Å². The Labute approximate surface area is 253 Å². The summed E-state index contributed by atoms with van der Waals surface area (Å²) < 4.78 is 60.8. The van der Waals surface area contributed by atoms with Crippen LogP contribution < -0.4 is 9.64 Å². The van der Waals surface area contributed by atoms with Crippen molar-refractivity contribution >= 4 is 33.4 Å². The summed E-state index contributed by atoms with van der Waals surface area (Å²) in [6, 6.07) is 14.0. The largest absolute Gasteiger partial charge is 0.476 e. The molecule has 0 aliphatic carbocycles. The fourth-order valence-electron chi connectivity index (χ4n) is 6.05. The lowest BCUT2D eigenvalue weighted by molar-refractivity contribution is -0.128. The topological polar surface area (TPSA) is 85.6 Å². The summed E-state index contributed by atoms with van der Waals surface area (Å²) in [5.41, 5.74) is 0.883. The second-order valence-corrected chi connectivity index (χ2v) is 10.8. The molecule has 43 heavy (non-hydrogen) atoms. The van der Waals surface area contributed by atoms with E-state index in [1.54, 1.807) is 41.3 Å². The number of hydrogen-bond acceptors (Lipinski definition) is 7. The molecular weight excluding hydrogens is 550 g/mol. The second kappa shape index (κ2) is 11.9. The van der Waals surface area contributed by atoms with Crippen molar-refractivity contribution in [3.05, 3.63) is 72.8 Å². The Hall–Kier alpha value is -4.62. The Morgan fingerprint density at radius 1 is 1.16 bits per heavy atom. The minimum absolute atomic E-state index is 0.0671. The molecule has 0 saturated carbocycles. The molecule has 220 valence electrons. The number of nitriles is 1. The highest BCUT2D eigenvalue weighted by Crippen LogP contribution is 2.36. The number of pyridine rings is 2. The maximum atomic E-state index is 16.0. The zero-order valence-corrected chi connectivity index (χ0v) is 23.5. The summed E-state index contributed by atoms with van der Waals surface area (Å²) in [7, 11) is 0. The molecule has 2 saturated heterocycles. The summed E-state index contributed by atoms with van der Waals surface area (Å²) >= 11 is 0. The van der Waals surface area contributed by atoms with E-state index < -0.39 is 24.7 Å². The number of carbonyl (C=O) groups excluding carboxylic acids is 1. The molecule has 2 aliphatic heterocycles. The number of aromatic nitrogens is 2. The zero-order chi connectivity index (χ0) is 32.6. The van der Waals surface area contributed by atoms with Crippen molar-refractivity contribution in [3.8, 4) is 23.2 Å². The van der Waals surface area contributed by atoms with Gasteiger partial charge < -0.3 is 19.4 Å². The number of benzene rings is 2. The average Bonchev–Trinajstić information content (AvgIpc) is 3.53. The maximum Gasteiger partial charge on any atom is 0.246 e. The number of likely N-dealkylation sites (tertiary alicyclic amines) is 1. The fraction of sp³-hybridized carbons (Fsp3) is 0.333. The molecule has 8 nitrogen and oxygen atoms in total. The normalized spacial score (nSPS) is 20.4. The molecule has 2 atom stereocenters. The summed E-state index contributed by atoms with van der Waals surface area (Å²) in [5.74, 6) is -1.30. The Kier molecular flexibility index (Phi) is 6.92. The molecule has 1 amide bonds. The third kappa shape index (κ3) is 5.48. The Balaban J connectivity index is 1.44. The number of anilines is 1. The molecule has 6 rings (SSSR count). The van der Waals surface area contributed by atoms with Crippen LogP contribution in [0.3, 0.4) is 0 Å². The van der Waals surface area contributed by atoms with Crippen molar-refractivity contribution in [2.75, 3.05) is 44.7 Å². The van der Waals surface area contributed by atoms with Crippen molar-refractivity contribution in [2.24, 2.45) is 0 Å². The van der Waals surface area contributed by atoms with E-state index in [-0.39, 0.29) is 59.7 Å². The Morgan fingerprint density at radius 2 is 2.00 bits per heavy atom. The highest BCUT2D eigenvalue weighted by molar-refractivity contribution is 5.98. The number of ether oxygens (including phenoxy) is 1. The van der Waals surface area contributed by atoms with Crippen molar-refractivity contribution < 1.29 is 22.4 Å². The third-order valence-electron chi connectivity index (χ3n) is 8.23. The van der Waals surface area contributed by atoms with Crippen molar-refractivity contribution in [1.29, 1.82) is 5.26 Å². The molecule has 2 aliphatic rings. The molecule has 2 fully saturated rings. The van der Waals surface area contributed by atoms with E-state index in [4.69, 9.17) is 8.85 Å². The molecule has 0 unspecified atom stereocenters. The van der Waals surface area contributed by atoms with Gasteiger partial charge in [0.1, 0.15) is 23.9 Å². The van der Waals surface area contributed by atoms with Crippen LogP contribution in [-0.2, 0) is 4.79 Å². The van der Waals surface area contributed by atoms with E-state index in [2.05, 4.69) is 22.6 Å². The number of likely N-dealkylation sites (N-methyl/N-ethyl adjacent to an activating group) is 1. The SMILES string of the molecule is [2H]C([2H])([2H])N1CCC[C@H]1COc1cc(N2CCN(C(=O)C=C)[C@@H](CC#N)C2)c2cc(F)c(-c3cccc4cccc(F)c34)nc2n1. The maximum absolute atomic E-state index is 16.0. The van der Waals surface area contributed by atoms with E-state index >= 15 is 8.78 Å². The van der Waals surface area contributed by atoms with Crippen LogP contribution in [0.15, 0.2) is 61.2 Å². The average molecular weight is 586 g/mol. The Morgan fingerprint density at radius 3 is 2.79 bits per heavy atom. The fourth-order valence-corrected chi connectivity index (χ4v) is 6.05. The van der Waals surface area contributed by atoms with Crippen LogP contribution in [0.2, 0.25) is 0 Å². The van der Waals surface area contributed by atoms with Gasteiger partial charge in [0.15, 0.2) is 5.65 Å². The third-order valence-corrected chi connectivity index (χ3v) is 8.23. The molecule has 0 bridgehead atoms. The van der Waals surface area contributed by atoms with E-state index in [0.29, 0.717) is 42.5 Å². The number of carbonyl (C=O) groups is 1. The first-order valence-electron chi connectivity index (χ1n) is 15.7. The van der Waals surface area contributed by atoms with Gasteiger partial charge in [0.05, 0.1) is 24.2 Å². The number of rotatable bonds is 7. The zero-order valence-electron chi connectivity index (χ0n) is 26.5. The quantitative estimate of drug-likeness (QED) is 0.272. The molecule has 0 N–H and O–H groups in total. The van der Waals surface area contributed by atoms with E-state index in [0.717, 1.165) is 6.42 Å². The second-order valence-electron chi connectivity index (χ2n) is 10.8. The smallest absolute Gasteiger partial charge is 0.246 e. The number of fused-ring (bicyclic) bond motifs is 2. The van der Waals surface area contributed by atoms with Gasteiger partial charge in [0.2, 0.25) is 11.8 Å². The molecular formula is C33H32F2N6O2. The molecule has 4 aromatic rings. The molecule has 2 aromatic carbocycles. The van der Waals surface area contributed by atoms with Gasteiger partial charge in [-0.3, -0.25) is 4.79 Å². The lowest BCUT2D eigenvalue weighted by Gasteiger charge is -2.41. The van der Waals surface area contributed by atoms with E-state index in [1.165, 1.54) is 23.1 Å². The summed E-state index contributed by atoms with van der Waals surface area (Å²) in [5, 5.41) is 10.7. The number of halogens is 2. The van der Waals surface area contributed by atoms with Crippen LogP contribution >= 0.6 is 0 Å². The van der Waals surface area contributed by atoms with E-state index in [1.807, 2.05) is 4.90 Å². The Bertz CT molecular complexity index is 1860. The number of nitrogens with zero attached hydrogens (tertiary/aromatic N) is 6. The van der Waals surface area contributed by atoms with Gasteiger partial charge in [-0.2, -0.15) is 10.2 Å². The molecule has 0 radical (unpaired) electrons. The lowest BCUT2D eigenvalue weighted by Crippen LogP contribution is -2.55. The monoisotopic (exact) mass is 585 g/mol. The van der Waals surface area contributed by atoms with Crippen LogP contribution in [0.25, 0.3) is 33.1 Å². The predicted octanol–water partition coefficient (Wildman–Crippen LogP) is 5.32. The minimum Gasteiger partial charge on any atom is -0.476 e. The first-order valence-corrected chi connectivity index (χ1v) is 14.2. The van der Waals surface area contributed by atoms with Crippen LogP contribution in [0.5, 0.6) is 5.88 Å². The van der Waals surface area contributed by atoms with Gasteiger partial charge in [-0.05, 0) is 50.0 Å². The van der Waals surface area contributed by atoms with E-state index in [9.17, 15) is 10.1 Å². The van der Waals surface area contributed by atoms with Crippen molar-refractivity contribution in [1.82, 2.24) is 19.8 Å². The standard InChI is InChI=1S/C33H32F2N6O2/c1-3-30(42)41-16-15-40(19-22(41)12-13-36)28-18-29(43-20-23-9-6-14-39(23)2)37-33-25(28)17-27(35)32(38-33)24-10-4-7-21-8-5-11-26(34)31(21)24/h3-5,7-8,10-11,17-18,22-23H,1,6,9,12,14-16,19-20H2,2H3/t22-,23-/m0/s1/i2D3. The first-order chi connectivity index (χ1) is 22.1. The summed E-state index contributed by atoms with van der Waals surface area (Å²) in [6.45, 7) is 2.76. The van der Waals surface area contributed by atoms with Crippen molar-refractivity contribution in [3.63, 3.8) is 0 Å². The van der Waals surface area contributed by atoms with Crippen LogP contribution in [0.1, 0.15) is 23.4 Å².